The molecule has 4 nitrogen and oxygen atoms in total. The number of fused-ring (bicyclic) bond motifs is 1. The van der Waals surface area contributed by atoms with Gasteiger partial charge < -0.3 is 0 Å². The number of thiophene rings is 1. The minimum Gasteiger partial charge on any atom is -0.298 e. The quantitative estimate of drug-likeness (QED) is 0.851. The molecule has 6 heteroatoms. The van der Waals surface area contributed by atoms with Gasteiger partial charge in [-0.3, -0.25) is 15.0 Å². The van der Waals surface area contributed by atoms with Gasteiger partial charge in [-0.2, -0.15) is 0 Å². The number of anilines is 1. The summed E-state index contributed by atoms with van der Waals surface area (Å²) in [6.07, 6.45) is 7.22. The molecular weight excluding hydrogens is 350 g/mol. The number of nitrogens with zero attached hydrogens (tertiary/aromatic N) is 2. The third-order valence-electron chi connectivity index (χ3n) is 5.20. The van der Waals surface area contributed by atoms with Crippen LogP contribution in [0.2, 0.25) is 0 Å². The van der Waals surface area contributed by atoms with Crippen molar-refractivity contribution in [1.82, 2.24) is 9.88 Å². The van der Waals surface area contributed by atoms with E-state index in [2.05, 4.69) is 27.5 Å². The van der Waals surface area contributed by atoms with Crippen LogP contribution in [0.15, 0.2) is 10.8 Å². The lowest BCUT2D eigenvalue weighted by Crippen LogP contribution is -2.33. The number of carbonyl (C=O) groups excluding carboxylic acids is 1. The summed E-state index contributed by atoms with van der Waals surface area (Å²) in [7, 11) is 0. The van der Waals surface area contributed by atoms with Gasteiger partial charge in [-0.15, -0.1) is 22.7 Å². The molecule has 25 heavy (non-hydrogen) atoms. The average Bonchev–Trinajstić information content (AvgIpc) is 3.21. The average molecular weight is 376 g/mol. The summed E-state index contributed by atoms with van der Waals surface area (Å²) in [6.45, 7) is 5.52. The molecule has 1 atom stereocenters. The van der Waals surface area contributed by atoms with E-state index < -0.39 is 0 Å². The van der Waals surface area contributed by atoms with E-state index in [0.29, 0.717) is 0 Å². The molecule has 1 aliphatic heterocycles. The van der Waals surface area contributed by atoms with E-state index in [9.17, 15) is 4.79 Å². The molecule has 2 aliphatic rings. The number of thiazole rings is 1. The number of aryl methyl sites for hydroxylation is 1. The summed E-state index contributed by atoms with van der Waals surface area (Å²) in [6, 6.07) is 0. The molecule has 1 fully saturated rings. The molecule has 1 saturated heterocycles. The van der Waals surface area contributed by atoms with Crippen LogP contribution in [0.3, 0.4) is 0 Å². The Balaban J connectivity index is 1.39. The first-order valence-corrected chi connectivity index (χ1v) is 11.0. The fraction of sp³-hybridized carbons (Fsp3) is 0.579. The van der Waals surface area contributed by atoms with Crippen molar-refractivity contribution in [2.45, 2.75) is 52.0 Å². The van der Waals surface area contributed by atoms with Gasteiger partial charge in [0, 0.05) is 28.7 Å². The highest BCUT2D eigenvalue weighted by molar-refractivity contribution is 7.14. The van der Waals surface area contributed by atoms with Crippen LogP contribution < -0.4 is 5.32 Å². The summed E-state index contributed by atoms with van der Waals surface area (Å²) >= 11 is 3.27. The topological polar surface area (TPSA) is 45.2 Å². The molecular formula is C19H25N3OS2. The minimum atomic E-state index is 0.00638. The lowest BCUT2D eigenvalue weighted by molar-refractivity contribution is 0.102. The van der Waals surface area contributed by atoms with Crippen molar-refractivity contribution < 1.29 is 4.79 Å². The molecule has 1 N–H and O–H groups in total. The van der Waals surface area contributed by atoms with Gasteiger partial charge in [0.2, 0.25) is 0 Å². The first kappa shape index (κ1) is 17.2. The van der Waals surface area contributed by atoms with Gasteiger partial charge >= 0.3 is 0 Å². The van der Waals surface area contributed by atoms with E-state index >= 15 is 0 Å². The molecule has 0 radical (unpaired) electrons. The highest BCUT2D eigenvalue weighted by atomic mass is 32.1. The van der Waals surface area contributed by atoms with Crippen molar-refractivity contribution in [1.29, 1.82) is 0 Å². The van der Waals surface area contributed by atoms with Crippen LogP contribution in [0.5, 0.6) is 0 Å². The zero-order valence-corrected chi connectivity index (χ0v) is 16.3. The third kappa shape index (κ3) is 3.96. The maximum Gasteiger partial charge on any atom is 0.258 e. The Morgan fingerprint density at radius 1 is 1.28 bits per heavy atom. The highest BCUT2D eigenvalue weighted by Crippen LogP contribution is 2.31. The lowest BCUT2D eigenvalue weighted by Gasteiger charge is -2.30. The van der Waals surface area contributed by atoms with Crippen molar-refractivity contribution in [3.63, 3.8) is 0 Å². The number of amides is 1. The monoisotopic (exact) mass is 375 g/mol. The first-order valence-electron chi connectivity index (χ1n) is 9.26. The van der Waals surface area contributed by atoms with Crippen molar-refractivity contribution in [2.24, 2.45) is 5.92 Å². The maximum atomic E-state index is 12.6. The summed E-state index contributed by atoms with van der Waals surface area (Å²) in [5.41, 5.74) is 3.20. The number of piperidine rings is 1. The van der Waals surface area contributed by atoms with Gasteiger partial charge in [0.25, 0.3) is 5.91 Å². The molecule has 4 rings (SSSR count). The highest BCUT2D eigenvalue weighted by Gasteiger charge is 2.21. The SMILES string of the molecule is CC1CCCN(Cc2csc(NC(=O)c3csc4c3CCCC4)n2)C1. The third-order valence-corrected chi connectivity index (χ3v) is 7.10. The van der Waals surface area contributed by atoms with Crippen LogP contribution in [0.1, 0.15) is 59.1 Å². The predicted molar refractivity (Wildman–Crippen MR) is 105 cm³/mol. The lowest BCUT2D eigenvalue weighted by atomic mass is 9.96. The standard InChI is InChI=1S/C19H25N3OS2/c1-13-5-4-8-22(9-13)10-14-11-25-19(20-14)21-18(23)16-12-24-17-7-3-2-6-15(16)17/h11-13H,2-10H2,1H3,(H,20,21,23). The molecule has 1 unspecified atom stereocenters. The zero-order chi connectivity index (χ0) is 17.2. The largest absolute Gasteiger partial charge is 0.298 e. The molecule has 1 aliphatic carbocycles. The second-order valence-corrected chi connectivity index (χ2v) is 9.16. The van der Waals surface area contributed by atoms with Crippen LogP contribution >= 0.6 is 22.7 Å². The number of carbonyl (C=O) groups is 1. The van der Waals surface area contributed by atoms with Crippen LogP contribution in [0.4, 0.5) is 5.13 Å². The summed E-state index contributed by atoms with van der Waals surface area (Å²) in [5.74, 6) is 0.781. The van der Waals surface area contributed by atoms with E-state index in [1.54, 1.807) is 11.3 Å². The Hall–Kier alpha value is -1.24. The van der Waals surface area contributed by atoms with Gasteiger partial charge in [-0.1, -0.05) is 6.92 Å². The molecule has 134 valence electrons. The molecule has 2 aromatic rings. The molecule has 1 amide bonds. The zero-order valence-electron chi connectivity index (χ0n) is 14.7. The summed E-state index contributed by atoms with van der Waals surface area (Å²) < 4.78 is 0. The predicted octanol–water partition coefficient (Wildman–Crippen LogP) is 4.57. The van der Waals surface area contributed by atoms with Crippen LogP contribution in [0.25, 0.3) is 0 Å². The van der Waals surface area contributed by atoms with Gasteiger partial charge in [-0.25, -0.2) is 4.98 Å². The molecule has 0 saturated carbocycles. The molecule has 0 spiro atoms. The molecule has 3 heterocycles. The summed E-state index contributed by atoms with van der Waals surface area (Å²) in [5, 5.41) is 7.84. The van der Waals surface area contributed by atoms with E-state index in [0.717, 1.165) is 54.8 Å². The van der Waals surface area contributed by atoms with Crippen molar-refractivity contribution in [3.05, 3.63) is 32.5 Å². The number of hydrogen-bond acceptors (Lipinski definition) is 5. The molecule has 0 aromatic carbocycles. The van der Waals surface area contributed by atoms with Crippen molar-refractivity contribution >= 4 is 33.7 Å². The second-order valence-electron chi connectivity index (χ2n) is 7.34. The minimum absolute atomic E-state index is 0.00638. The molecule has 2 aromatic heterocycles. The summed E-state index contributed by atoms with van der Waals surface area (Å²) in [4.78, 5) is 21.2. The Labute approximate surface area is 157 Å². The van der Waals surface area contributed by atoms with E-state index in [1.807, 2.05) is 5.38 Å². The fourth-order valence-corrected chi connectivity index (χ4v) is 5.77. The number of hydrogen-bond donors (Lipinski definition) is 1. The van der Waals surface area contributed by atoms with Crippen molar-refractivity contribution in [2.75, 3.05) is 18.4 Å². The Kier molecular flexibility index (Phi) is 5.20. The second kappa shape index (κ2) is 7.56. The first-order chi connectivity index (χ1) is 12.2. The van der Waals surface area contributed by atoms with E-state index in [1.165, 1.54) is 47.5 Å². The number of rotatable bonds is 4. The number of aromatic nitrogens is 1. The number of nitrogens with one attached hydrogen (secondary N) is 1. The Bertz CT molecular complexity index is 752. The Morgan fingerprint density at radius 3 is 3.04 bits per heavy atom. The van der Waals surface area contributed by atoms with Crippen molar-refractivity contribution in [3.8, 4) is 0 Å². The van der Waals surface area contributed by atoms with E-state index in [4.69, 9.17) is 0 Å². The van der Waals surface area contributed by atoms with Gasteiger partial charge in [-0.05, 0) is 56.6 Å². The maximum absolute atomic E-state index is 12.6. The fourth-order valence-electron chi connectivity index (χ4n) is 3.95. The molecule has 0 bridgehead atoms. The van der Waals surface area contributed by atoms with Gasteiger partial charge in [0.05, 0.1) is 11.3 Å². The number of likely N-dealkylation sites (tertiary alicyclic amines) is 1. The van der Waals surface area contributed by atoms with E-state index in [-0.39, 0.29) is 5.91 Å². The normalized spacial score (nSPS) is 21.1. The van der Waals surface area contributed by atoms with Crippen LogP contribution in [-0.2, 0) is 19.4 Å². The van der Waals surface area contributed by atoms with Crippen LogP contribution in [-0.4, -0.2) is 28.9 Å². The van der Waals surface area contributed by atoms with Gasteiger partial charge in [0.1, 0.15) is 0 Å². The smallest absolute Gasteiger partial charge is 0.258 e. The van der Waals surface area contributed by atoms with Gasteiger partial charge in [0.15, 0.2) is 5.13 Å². The van der Waals surface area contributed by atoms with Crippen LogP contribution in [0, 0.1) is 5.92 Å². The Morgan fingerprint density at radius 2 is 2.16 bits per heavy atom.